The molecule has 162 valence electrons. The van der Waals surface area contributed by atoms with Gasteiger partial charge in [0.1, 0.15) is 5.76 Å². The Morgan fingerprint density at radius 2 is 1.53 bits per heavy atom. The first-order valence-corrected chi connectivity index (χ1v) is 10.0. The van der Waals surface area contributed by atoms with Gasteiger partial charge >= 0.3 is 0 Å². The zero-order valence-corrected chi connectivity index (χ0v) is 18.9. The molecule has 2 aromatic carbocycles. The van der Waals surface area contributed by atoms with Gasteiger partial charge in [0.05, 0.1) is 18.4 Å². The fraction of sp³-hybridized carbons (Fsp3) is 0.0526. The molecule has 3 aromatic rings. The third kappa shape index (κ3) is 11.8. The van der Waals surface area contributed by atoms with Crippen LogP contribution >= 0.6 is 37.7 Å². The van der Waals surface area contributed by atoms with Crippen LogP contribution in [0, 0.1) is 0 Å². The van der Waals surface area contributed by atoms with E-state index in [1.807, 2.05) is 48.5 Å². The topological polar surface area (TPSA) is 125 Å². The number of carbonyl (C=O) groups excluding carboxylic acids is 2. The summed E-state index contributed by atoms with van der Waals surface area (Å²) in [5.41, 5.74) is 1.97. The van der Waals surface area contributed by atoms with Crippen LogP contribution < -0.4 is 10.5 Å². The lowest BCUT2D eigenvalue weighted by atomic mass is 10.2. The molecule has 0 aliphatic rings. The van der Waals surface area contributed by atoms with Crippen molar-refractivity contribution in [1.82, 2.24) is 0 Å². The first kappa shape index (κ1) is 27.9. The van der Waals surface area contributed by atoms with Gasteiger partial charge in [0.15, 0.2) is 0 Å². The second-order valence-electron chi connectivity index (χ2n) is 5.22. The summed E-state index contributed by atoms with van der Waals surface area (Å²) in [6.07, 6.45) is 1.62. The monoisotopic (exact) mass is 487 g/mol. The molecule has 0 fully saturated rings. The van der Waals surface area contributed by atoms with Gasteiger partial charge < -0.3 is 14.3 Å². The molecule has 1 atom stereocenters. The maximum absolute atomic E-state index is 11.2. The number of furan rings is 1. The van der Waals surface area contributed by atoms with E-state index in [4.69, 9.17) is 13.2 Å². The molecular formula is C19H20ClN2O5S3-. The number of rotatable bonds is 5. The Hall–Kier alpha value is -2.08. The molecule has 0 aliphatic heterocycles. The summed E-state index contributed by atoms with van der Waals surface area (Å²) in [7, 11) is 0. The highest BCUT2D eigenvalue weighted by atomic mass is 35.5. The Morgan fingerprint density at radius 3 is 2.00 bits per heavy atom. The molecular weight excluding hydrogens is 468 g/mol. The average Bonchev–Trinajstić information content (AvgIpc) is 3.21. The van der Waals surface area contributed by atoms with Gasteiger partial charge in [0.2, 0.25) is 10.2 Å². The van der Waals surface area contributed by atoms with E-state index in [2.05, 4.69) is 35.7 Å². The van der Waals surface area contributed by atoms with Gasteiger partial charge in [-0.2, -0.15) is 0 Å². The minimum atomic E-state index is -2.36. The van der Waals surface area contributed by atoms with E-state index >= 15 is 0 Å². The van der Waals surface area contributed by atoms with Crippen molar-refractivity contribution in [3.8, 4) is 0 Å². The van der Waals surface area contributed by atoms with Crippen molar-refractivity contribution in [1.29, 1.82) is 0 Å². The predicted molar refractivity (Wildman–Crippen MR) is 126 cm³/mol. The van der Waals surface area contributed by atoms with Gasteiger partial charge in [-0.25, -0.2) is 0 Å². The number of hydrogen-bond donors (Lipinski definition) is 4. The van der Waals surface area contributed by atoms with Gasteiger partial charge in [-0.3, -0.25) is 18.9 Å². The van der Waals surface area contributed by atoms with E-state index in [0.717, 1.165) is 11.4 Å². The van der Waals surface area contributed by atoms with Crippen LogP contribution in [0.4, 0.5) is 5.69 Å². The molecule has 0 spiro atoms. The van der Waals surface area contributed by atoms with Crippen molar-refractivity contribution in [2.45, 2.75) is 6.54 Å². The van der Waals surface area contributed by atoms with Gasteiger partial charge in [-0.15, -0.1) is 37.7 Å². The minimum absolute atomic E-state index is 0. The average molecular weight is 488 g/mol. The highest BCUT2D eigenvalue weighted by molar-refractivity contribution is 7.97. The molecule has 1 unspecified atom stereocenters. The van der Waals surface area contributed by atoms with Gasteiger partial charge in [-0.05, 0) is 24.3 Å². The van der Waals surface area contributed by atoms with Crippen molar-refractivity contribution < 1.29 is 22.8 Å². The molecule has 3 N–H and O–H groups in total. The lowest BCUT2D eigenvalue weighted by Gasteiger charge is -2.07. The molecule has 0 saturated heterocycles. The van der Waals surface area contributed by atoms with Crippen LogP contribution in [0.5, 0.6) is 0 Å². The second kappa shape index (κ2) is 15.7. The number of benzene rings is 2. The van der Waals surface area contributed by atoms with Crippen LogP contribution in [0.1, 0.15) is 26.5 Å². The molecule has 7 nitrogen and oxygen atoms in total. The molecule has 0 amide bonds. The molecule has 0 radical (unpaired) electrons. The standard InChI is InChI=1S/C12H11NO2S.C7H6OS.ClH.H3NO2S/c14-12(16)10-5-1-2-6-11(10)13-8-9-4-3-7-15-9;8-7(9)6-4-2-1-3-5-6;;1-4(2)3/h1-7,13H,8H2,(H,14,16);1-5H,(H,8,9);1H;1H2,(H,2,3)/p-1. The van der Waals surface area contributed by atoms with Gasteiger partial charge in [-0.1, -0.05) is 42.5 Å². The number of thiol groups is 2. The van der Waals surface area contributed by atoms with E-state index in [9.17, 15) is 9.59 Å². The van der Waals surface area contributed by atoms with Crippen LogP contribution in [0.3, 0.4) is 0 Å². The fourth-order valence-corrected chi connectivity index (χ4v) is 2.34. The molecule has 11 heteroatoms. The van der Waals surface area contributed by atoms with Crippen LogP contribution in [0.25, 0.3) is 0 Å². The summed E-state index contributed by atoms with van der Waals surface area (Å²) >= 11 is 5.11. The summed E-state index contributed by atoms with van der Waals surface area (Å²) < 4.78 is 22.7. The lowest BCUT2D eigenvalue weighted by molar-refractivity contribution is 0.108. The summed E-state index contributed by atoms with van der Waals surface area (Å²) in [5.74, 6) is 0.821. The molecule has 3 rings (SSSR count). The van der Waals surface area contributed by atoms with Crippen molar-refractivity contribution in [3.05, 3.63) is 89.9 Å². The third-order valence-electron chi connectivity index (χ3n) is 3.21. The summed E-state index contributed by atoms with van der Waals surface area (Å²) in [6.45, 7) is 0.547. The molecule has 30 heavy (non-hydrogen) atoms. The molecule has 0 aliphatic carbocycles. The number of para-hydroxylation sites is 1. The normalized spacial score (nSPS) is 10.1. The minimum Gasteiger partial charge on any atom is -0.760 e. The molecule has 0 saturated carbocycles. The Bertz CT molecular complexity index is 921. The number of carbonyl (C=O) groups is 2. The number of anilines is 1. The van der Waals surface area contributed by atoms with Crippen molar-refractivity contribution in [2.75, 3.05) is 5.32 Å². The summed E-state index contributed by atoms with van der Waals surface area (Å²) in [5, 5.41) is 6.73. The highest BCUT2D eigenvalue weighted by Gasteiger charge is 2.06. The smallest absolute Gasteiger partial charge is 0.218 e. The quantitative estimate of drug-likeness (QED) is 0.319. The van der Waals surface area contributed by atoms with Gasteiger partial charge in [0.25, 0.3) is 0 Å². The fourth-order valence-electron chi connectivity index (χ4n) is 2.00. The second-order valence-corrected chi connectivity index (χ2v) is 6.55. The zero-order chi connectivity index (χ0) is 21.6. The summed E-state index contributed by atoms with van der Waals surface area (Å²) in [6, 6.07) is 19.9. The highest BCUT2D eigenvalue weighted by Crippen LogP contribution is 2.18. The van der Waals surface area contributed by atoms with Crippen molar-refractivity contribution in [3.63, 3.8) is 0 Å². The van der Waals surface area contributed by atoms with Crippen LogP contribution in [0.2, 0.25) is 0 Å². The SMILES string of the molecule is Cl.NS(=O)[O-].O=C(S)c1ccccc1.O=C(S)c1ccccc1NCc1ccco1. The number of halogens is 1. The third-order valence-corrected chi connectivity index (χ3v) is 3.71. The molecule has 1 heterocycles. The first-order valence-electron chi connectivity index (χ1n) is 8.01. The predicted octanol–water partition coefficient (Wildman–Crippen LogP) is 3.88. The first-order chi connectivity index (χ1) is 13.8. The van der Waals surface area contributed by atoms with E-state index in [1.165, 1.54) is 0 Å². The van der Waals surface area contributed by atoms with E-state index < -0.39 is 11.3 Å². The Balaban J connectivity index is 0.000000510. The van der Waals surface area contributed by atoms with Gasteiger partial charge in [0, 0.05) is 22.5 Å². The number of hydrogen-bond acceptors (Lipinski definition) is 6. The van der Waals surface area contributed by atoms with Crippen molar-refractivity contribution >= 4 is 64.8 Å². The number of nitrogens with one attached hydrogen (secondary N) is 1. The zero-order valence-electron chi connectivity index (χ0n) is 15.5. The number of nitrogens with two attached hydrogens (primary N) is 1. The molecule has 0 bridgehead atoms. The van der Waals surface area contributed by atoms with Crippen LogP contribution in [-0.2, 0) is 17.8 Å². The van der Waals surface area contributed by atoms with Crippen LogP contribution in [0.15, 0.2) is 77.4 Å². The van der Waals surface area contributed by atoms with E-state index in [-0.39, 0.29) is 22.6 Å². The maximum Gasteiger partial charge on any atom is 0.218 e. The molecule has 1 aromatic heterocycles. The van der Waals surface area contributed by atoms with E-state index in [0.29, 0.717) is 17.7 Å². The maximum atomic E-state index is 11.2. The Morgan fingerprint density at radius 1 is 0.967 bits per heavy atom. The van der Waals surface area contributed by atoms with E-state index in [1.54, 1.807) is 24.5 Å². The van der Waals surface area contributed by atoms with Crippen LogP contribution in [-0.4, -0.2) is 19.0 Å². The summed E-state index contributed by atoms with van der Waals surface area (Å²) in [4.78, 5) is 21.7. The Kier molecular flexibility index (Phi) is 14.6. The van der Waals surface area contributed by atoms with Crippen molar-refractivity contribution in [2.24, 2.45) is 5.14 Å². The largest absolute Gasteiger partial charge is 0.760 e. The Labute approximate surface area is 194 Å². The lowest BCUT2D eigenvalue weighted by Crippen LogP contribution is -2.03.